The SMILES string of the molecule is Cc1cc(C)c2c(CC(=O)O)c(-c3ccc(Cl)c(Cl)c3)[nH]c2c1. The second-order valence-corrected chi connectivity index (χ2v) is 6.50. The molecule has 0 aliphatic carbocycles. The highest BCUT2D eigenvalue weighted by Crippen LogP contribution is 2.35. The minimum atomic E-state index is -0.868. The summed E-state index contributed by atoms with van der Waals surface area (Å²) in [6.07, 6.45) is -0.0561. The van der Waals surface area contributed by atoms with Gasteiger partial charge >= 0.3 is 5.97 Å². The molecule has 3 rings (SSSR count). The maximum Gasteiger partial charge on any atom is 0.307 e. The van der Waals surface area contributed by atoms with E-state index < -0.39 is 5.97 Å². The molecule has 0 unspecified atom stereocenters. The lowest BCUT2D eigenvalue weighted by molar-refractivity contribution is -0.136. The molecular formula is C18H15Cl2NO2. The third kappa shape index (κ3) is 2.94. The molecule has 0 aliphatic heterocycles. The number of carbonyl (C=O) groups is 1. The maximum atomic E-state index is 11.3. The van der Waals surface area contributed by atoms with Crippen molar-refractivity contribution in [3.8, 4) is 11.3 Å². The molecule has 3 aromatic rings. The van der Waals surface area contributed by atoms with Gasteiger partial charge in [0.1, 0.15) is 0 Å². The largest absolute Gasteiger partial charge is 0.481 e. The van der Waals surface area contributed by atoms with E-state index in [2.05, 4.69) is 11.1 Å². The van der Waals surface area contributed by atoms with Crippen LogP contribution >= 0.6 is 23.2 Å². The summed E-state index contributed by atoms with van der Waals surface area (Å²) in [6, 6.07) is 9.39. The number of aromatic amines is 1. The number of rotatable bonds is 3. The molecule has 0 spiro atoms. The van der Waals surface area contributed by atoms with Crippen LogP contribution in [0.25, 0.3) is 22.2 Å². The van der Waals surface area contributed by atoms with Crippen LogP contribution < -0.4 is 0 Å². The highest BCUT2D eigenvalue weighted by Gasteiger charge is 2.18. The minimum Gasteiger partial charge on any atom is -0.481 e. The lowest BCUT2D eigenvalue weighted by Crippen LogP contribution is -2.01. The number of benzene rings is 2. The molecule has 1 heterocycles. The number of aromatic nitrogens is 1. The van der Waals surface area contributed by atoms with Crippen LogP contribution in [0, 0.1) is 13.8 Å². The first-order valence-corrected chi connectivity index (χ1v) is 7.91. The van der Waals surface area contributed by atoms with E-state index in [0.29, 0.717) is 10.0 Å². The summed E-state index contributed by atoms with van der Waals surface area (Å²) in [5.41, 5.74) is 5.47. The van der Waals surface area contributed by atoms with Gasteiger partial charge in [0, 0.05) is 10.9 Å². The normalized spacial score (nSPS) is 11.1. The molecule has 118 valence electrons. The molecule has 23 heavy (non-hydrogen) atoms. The predicted octanol–water partition coefficient (Wildman–Crippen LogP) is 5.39. The number of halogens is 2. The molecule has 1 aromatic heterocycles. The molecule has 5 heteroatoms. The number of hydrogen-bond donors (Lipinski definition) is 2. The maximum absolute atomic E-state index is 11.3. The Morgan fingerprint density at radius 3 is 2.52 bits per heavy atom. The van der Waals surface area contributed by atoms with Crippen LogP contribution in [0.1, 0.15) is 16.7 Å². The summed E-state index contributed by atoms with van der Waals surface area (Å²) in [7, 11) is 0. The van der Waals surface area contributed by atoms with E-state index in [1.807, 2.05) is 26.0 Å². The molecule has 0 saturated carbocycles. The van der Waals surface area contributed by atoms with E-state index in [-0.39, 0.29) is 6.42 Å². The van der Waals surface area contributed by atoms with Gasteiger partial charge in [0.05, 0.1) is 22.2 Å². The van der Waals surface area contributed by atoms with Crippen molar-refractivity contribution in [2.45, 2.75) is 20.3 Å². The predicted molar refractivity (Wildman–Crippen MR) is 94.6 cm³/mol. The lowest BCUT2D eigenvalue weighted by Gasteiger charge is -2.06. The van der Waals surface area contributed by atoms with Crippen LogP contribution in [0.5, 0.6) is 0 Å². The number of hydrogen-bond acceptors (Lipinski definition) is 1. The molecule has 0 aliphatic rings. The van der Waals surface area contributed by atoms with Crippen molar-refractivity contribution in [2.24, 2.45) is 0 Å². The van der Waals surface area contributed by atoms with Crippen LogP contribution in [-0.2, 0) is 11.2 Å². The summed E-state index contributed by atoms with van der Waals surface area (Å²) in [4.78, 5) is 14.7. The van der Waals surface area contributed by atoms with Gasteiger partial charge in [0.15, 0.2) is 0 Å². The van der Waals surface area contributed by atoms with Crippen molar-refractivity contribution < 1.29 is 9.90 Å². The molecule has 3 nitrogen and oxygen atoms in total. The van der Waals surface area contributed by atoms with Gasteiger partial charge in [-0.3, -0.25) is 4.79 Å². The van der Waals surface area contributed by atoms with E-state index in [0.717, 1.165) is 38.9 Å². The van der Waals surface area contributed by atoms with Gasteiger partial charge in [0.25, 0.3) is 0 Å². The van der Waals surface area contributed by atoms with E-state index in [1.165, 1.54) is 0 Å². The van der Waals surface area contributed by atoms with Gasteiger partial charge < -0.3 is 10.1 Å². The number of H-pyrrole nitrogens is 1. The van der Waals surface area contributed by atoms with Crippen molar-refractivity contribution in [1.29, 1.82) is 0 Å². The number of nitrogens with one attached hydrogen (secondary N) is 1. The molecule has 0 fully saturated rings. The van der Waals surface area contributed by atoms with Gasteiger partial charge in [-0.05, 0) is 54.3 Å². The van der Waals surface area contributed by atoms with Crippen LogP contribution in [0.15, 0.2) is 30.3 Å². The van der Waals surface area contributed by atoms with Gasteiger partial charge in [0.2, 0.25) is 0 Å². The Hall–Kier alpha value is -1.97. The summed E-state index contributed by atoms with van der Waals surface area (Å²) in [5, 5.41) is 11.2. The average Bonchev–Trinajstić information content (AvgIpc) is 2.79. The first-order chi connectivity index (χ1) is 10.9. The second kappa shape index (κ2) is 5.91. The summed E-state index contributed by atoms with van der Waals surface area (Å²) < 4.78 is 0. The quantitative estimate of drug-likeness (QED) is 0.667. The summed E-state index contributed by atoms with van der Waals surface area (Å²) in [5.74, 6) is -0.868. The Balaban J connectivity index is 2.32. The molecule has 0 bridgehead atoms. The first-order valence-electron chi connectivity index (χ1n) is 7.16. The van der Waals surface area contributed by atoms with Crippen LogP contribution in [0.2, 0.25) is 10.0 Å². The van der Waals surface area contributed by atoms with Crippen molar-refractivity contribution in [3.63, 3.8) is 0 Å². The zero-order valence-electron chi connectivity index (χ0n) is 12.7. The van der Waals surface area contributed by atoms with Crippen molar-refractivity contribution in [2.75, 3.05) is 0 Å². The molecule has 2 N–H and O–H groups in total. The van der Waals surface area contributed by atoms with Gasteiger partial charge in [-0.25, -0.2) is 0 Å². The standard InChI is InChI=1S/C18H15Cl2NO2/c1-9-5-10(2)17-12(8-16(22)23)18(21-15(17)6-9)11-3-4-13(19)14(20)7-11/h3-7,21H,8H2,1-2H3,(H,22,23). The minimum absolute atomic E-state index is 0.0561. The number of carboxylic acids is 1. The highest BCUT2D eigenvalue weighted by molar-refractivity contribution is 6.42. The molecule has 2 aromatic carbocycles. The van der Waals surface area contributed by atoms with Crippen LogP contribution in [0.3, 0.4) is 0 Å². The van der Waals surface area contributed by atoms with E-state index in [9.17, 15) is 9.90 Å². The fourth-order valence-corrected chi connectivity index (χ4v) is 3.33. The second-order valence-electron chi connectivity index (χ2n) is 5.68. The topological polar surface area (TPSA) is 53.1 Å². The Kier molecular flexibility index (Phi) is 4.09. The van der Waals surface area contributed by atoms with Crippen LogP contribution in [-0.4, -0.2) is 16.1 Å². The first kappa shape index (κ1) is 15.9. The molecule has 0 amide bonds. The third-order valence-electron chi connectivity index (χ3n) is 3.88. The summed E-state index contributed by atoms with van der Waals surface area (Å²) in [6.45, 7) is 4.01. The Morgan fingerprint density at radius 2 is 1.87 bits per heavy atom. The fourth-order valence-electron chi connectivity index (χ4n) is 3.03. The monoisotopic (exact) mass is 347 g/mol. The molecule has 0 atom stereocenters. The van der Waals surface area contributed by atoms with E-state index >= 15 is 0 Å². The van der Waals surface area contributed by atoms with Crippen molar-refractivity contribution in [1.82, 2.24) is 4.98 Å². The molecule has 0 saturated heterocycles. The number of aliphatic carboxylic acids is 1. The fraction of sp³-hybridized carbons (Fsp3) is 0.167. The van der Waals surface area contributed by atoms with E-state index in [1.54, 1.807) is 12.1 Å². The molecule has 0 radical (unpaired) electrons. The Morgan fingerprint density at radius 1 is 1.13 bits per heavy atom. The number of aryl methyl sites for hydroxylation is 2. The highest BCUT2D eigenvalue weighted by atomic mass is 35.5. The van der Waals surface area contributed by atoms with E-state index in [4.69, 9.17) is 23.2 Å². The van der Waals surface area contributed by atoms with Gasteiger partial charge in [-0.2, -0.15) is 0 Å². The van der Waals surface area contributed by atoms with Gasteiger partial charge in [-0.15, -0.1) is 0 Å². The van der Waals surface area contributed by atoms with Crippen molar-refractivity contribution >= 4 is 40.1 Å². The van der Waals surface area contributed by atoms with Crippen LogP contribution in [0.4, 0.5) is 0 Å². The Bertz CT molecular complexity index is 928. The van der Waals surface area contributed by atoms with Gasteiger partial charge in [-0.1, -0.05) is 35.3 Å². The smallest absolute Gasteiger partial charge is 0.307 e. The summed E-state index contributed by atoms with van der Waals surface area (Å²) >= 11 is 12.1. The number of carboxylic acid groups (broad SMARTS) is 1. The zero-order valence-corrected chi connectivity index (χ0v) is 14.2. The lowest BCUT2D eigenvalue weighted by atomic mass is 9.99. The third-order valence-corrected chi connectivity index (χ3v) is 4.62. The average molecular weight is 348 g/mol. The van der Waals surface area contributed by atoms with Crippen molar-refractivity contribution in [3.05, 3.63) is 57.1 Å². The number of fused-ring (bicyclic) bond motifs is 1. The Labute approximate surface area is 143 Å². The molecular weight excluding hydrogens is 333 g/mol. The zero-order chi connectivity index (χ0) is 16.7.